The first-order valence-corrected chi connectivity index (χ1v) is 8.15. The lowest BCUT2D eigenvalue weighted by atomic mass is 9.82. The SMILES string of the molecule is Cc1cc(C)c(C(C)NCC2CCCC(C)C2)c(C)n1. The zero-order valence-electron chi connectivity index (χ0n) is 13.8. The predicted octanol–water partition coefficient (Wildman–Crippen LogP) is 4.48. The summed E-state index contributed by atoms with van der Waals surface area (Å²) in [6.07, 6.45) is 5.62. The first kappa shape index (κ1) is 15.5. The van der Waals surface area contributed by atoms with Crippen molar-refractivity contribution in [2.45, 2.75) is 66.3 Å². The Morgan fingerprint density at radius 2 is 2.05 bits per heavy atom. The van der Waals surface area contributed by atoms with Gasteiger partial charge in [-0.2, -0.15) is 0 Å². The molecule has 0 bridgehead atoms. The molecule has 0 aliphatic heterocycles. The van der Waals surface area contributed by atoms with E-state index in [4.69, 9.17) is 0 Å². The molecule has 1 N–H and O–H groups in total. The van der Waals surface area contributed by atoms with Crippen LogP contribution in [0.5, 0.6) is 0 Å². The van der Waals surface area contributed by atoms with Gasteiger partial charge >= 0.3 is 0 Å². The van der Waals surface area contributed by atoms with E-state index in [1.807, 2.05) is 0 Å². The van der Waals surface area contributed by atoms with Crippen LogP contribution >= 0.6 is 0 Å². The first-order valence-electron chi connectivity index (χ1n) is 8.15. The molecule has 1 fully saturated rings. The summed E-state index contributed by atoms with van der Waals surface area (Å²) in [6, 6.07) is 2.60. The zero-order chi connectivity index (χ0) is 14.7. The molecule has 0 radical (unpaired) electrons. The summed E-state index contributed by atoms with van der Waals surface area (Å²) in [5.74, 6) is 1.77. The van der Waals surface area contributed by atoms with Gasteiger partial charge in [0.25, 0.3) is 0 Å². The largest absolute Gasteiger partial charge is 0.310 e. The summed E-state index contributed by atoms with van der Waals surface area (Å²) in [6.45, 7) is 12.2. The summed E-state index contributed by atoms with van der Waals surface area (Å²) < 4.78 is 0. The van der Waals surface area contributed by atoms with Crippen LogP contribution in [0.3, 0.4) is 0 Å². The highest BCUT2D eigenvalue weighted by atomic mass is 14.9. The molecule has 20 heavy (non-hydrogen) atoms. The molecule has 0 saturated heterocycles. The van der Waals surface area contributed by atoms with E-state index in [0.717, 1.165) is 24.1 Å². The number of rotatable bonds is 4. The molecule has 1 aromatic heterocycles. The molecule has 1 heterocycles. The molecule has 3 unspecified atom stereocenters. The van der Waals surface area contributed by atoms with Crippen molar-refractivity contribution in [1.29, 1.82) is 0 Å². The molecule has 1 aliphatic carbocycles. The lowest BCUT2D eigenvalue weighted by Crippen LogP contribution is -2.29. The Bertz CT molecular complexity index is 430. The third-order valence-corrected chi connectivity index (χ3v) is 4.77. The maximum atomic E-state index is 4.62. The number of aromatic nitrogens is 1. The van der Waals surface area contributed by atoms with Gasteiger partial charge in [0.1, 0.15) is 0 Å². The fraction of sp³-hybridized carbons (Fsp3) is 0.722. The van der Waals surface area contributed by atoms with Crippen LogP contribution in [0, 0.1) is 32.6 Å². The minimum Gasteiger partial charge on any atom is -0.310 e. The summed E-state index contributed by atoms with van der Waals surface area (Å²) in [4.78, 5) is 4.62. The van der Waals surface area contributed by atoms with Gasteiger partial charge in [-0.25, -0.2) is 0 Å². The number of nitrogens with one attached hydrogen (secondary N) is 1. The highest BCUT2D eigenvalue weighted by Crippen LogP contribution is 2.29. The molecule has 112 valence electrons. The topological polar surface area (TPSA) is 24.9 Å². The maximum Gasteiger partial charge on any atom is 0.0426 e. The van der Waals surface area contributed by atoms with E-state index in [2.05, 4.69) is 51.0 Å². The summed E-state index contributed by atoms with van der Waals surface area (Å²) >= 11 is 0. The Morgan fingerprint density at radius 3 is 2.70 bits per heavy atom. The van der Waals surface area contributed by atoms with Gasteiger partial charge in [0.15, 0.2) is 0 Å². The Balaban J connectivity index is 1.96. The second-order valence-corrected chi connectivity index (χ2v) is 6.85. The molecular weight excluding hydrogens is 244 g/mol. The number of nitrogens with zero attached hydrogens (tertiary/aromatic N) is 1. The summed E-state index contributed by atoms with van der Waals surface area (Å²) in [5, 5.41) is 3.75. The maximum absolute atomic E-state index is 4.62. The van der Waals surface area contributed by atoms with E-state index in [9.17, 15) is 0 Å². The van der Waals surface area contributed by atoms with Crippen LogP contribution in [-0.2, 0) is 0 Å². The van der Waals surface area contributed by atoms with Gasteiger partial charge in [-0.3, -0.25) is 4.98 Å². The van der Waals surface area contributed by atoms with Crippen molar-refractivity contribution >= 4 is 0 Å². The van der Waals surface area contributed by atoms with Crippen molar-refractivity contribution in [2.24, 2.45) is 11.8 Å². The van der Waals surface area contributed by atoms with E-state index in [-0.39, 0.29) is 0 Å². The number of hydrogen-bond acceptors (Lipinski definition) is 2. The number of aryl methyl sites for hydroxylation is 3. The van der Waals surface area contributed by atoms with Crippen LogP contribution in [0.15, 0.2) is 6.07 Å². The fourth-order valence-electron chi connectivity index (χ4n) is 3.88. The van der Waals surface area contributed by atoms with Gasteiger partial charge in [0, 0.05) is 17.4 Å². The second-order valence-electron chi connectivity index (χ2n) is 6.85. The highest BCUT2D eigenvalue weighted by molar-refractivity contribution is 5.33. The Kier molecular flexibility index (Phi) is 5.20. The van der Waals surface area contributed by atoms with E-state index in [1.54, 1.807) is 0 Å². The highest BCUT2D eigenvalue weighted by Gasteiger charge is 2.20. The molecule has 2 rings (SSSR count). The smallest absolute Gasteiger partial charge is 0.0426 e. The van der Waals surface area contributed by atoms with Crippen molar-refractivity contribution in [3.8, 4) is 0 Å². The van der Waals surface area contributed by atoms with Crippen LogP contribution in [0.2, 0.25) is 0 Å². The molecule has 1 aromatic rings. The van der Waals surface area contributed by atoms with Gasteiger partial charge < -0.3 is 5.32 Å². The molecule has 2 nitrogen and oxygen atoms in total. The van der Waals surface area contributed by atoms with E-state index in [1.165, 1.54) is 42.5 Å². The van der Waals surface area contributed by atoms with E-state index >= 15 is 0 Å². The van der Waals surface area contributed by atoms with Gasteiger partial charge in [0.05, 0.1) is 0 Å². The summed E-state index contributed by atoms with van der Waals surface area (Å²) in [7, 11) is 0. The van der Waals surface area contributed by atoms with Crippen LogP contribution in [0.4, 0.5) is 0 Å². The molecule has 3 atom stereocenters. The van der Waals surface area contributed by atoms with Crippen molar-refractivity contribution in [3.05, 3.63) is 28.6 Å². The predicted molar refractivity (Wildman–Crippen MR) is 86.0 cm³/mol. The fourth-order valence-corrected chi connectivity index (χ4v) is 3.88. The lowest BCUT2D eigenvalue weighted by molar-refractivity contribution is 0.268. The molecule has 1 saturated carbocycles. The van der Waals surface area contributed by atoms with Crippen molar-refractivity contribution in [3.63, 3.8) is 0 Å². The third kappa shape index (κ3) is 3.82. The van der Waals surface area contributed by atoms with Gasteiger partial charge in [-0.15, -0.1) is 0 Å². The monoisotopic (exact) mass is 274 g/mol. The average molecular weight is 274 g/mol. The molecule has 2 heteroatoms. The Morgan fingerprint density at radius 1 is 1.30 bits per heavy atom. The minimum atomic E-state index is 0.403. The number of pyridine rings is 1. The first-order chi connectivity index (χ1) is 9.47. The number of hydrogen-bond donors (Lipinski definition) is 1. The van der Waals surface area contributed by atoms with Crippen molar-refractivity contribution < 1.29 is 0 Å². The van der Waals surface area contributed by atoms with Crippen molar-refractivity contribution in [2.75, 3.05) is 6.54 Å². The minimum absolute atomic E-state index is 0.403. The molecule has 0 aromatic carbocycles. The zero-order valence-corrected chi connectivity index (χ0v) is 13.8. The van der Waals surface area contributed by atoms with Crippen LogP contribution in [0.25, 0.3) is 0 Å². The quantitative estimate of drug-likeness (QED) is 0.875. The Labute approximate surface area is 124 Å². The van der Waals surface area contributed by atoms with Crippen LogP contribution in [0.1, 0.15) is 68.1 Å². The third-order valence-electron chi connectivity index (χ3n) is 4.77. The molecule has 0 amide bonds. The standard InChI is InChI=1S/C18H30N2/c1-12-7-6-8-17(9-12)11-19-15(4)18-13(2)10-14(3)20-16(18)5/h10,12,15,17,19H,6-9,11H2,1-5H3. The second kappa shape index (κ2) is 6.71. The van der Waals surface area contributed by atoms with Gasteiger partial charge in [-0.05, 0) is 76.1 Å². The van der Waals surface area contributed by atoms with Crippen LogP contribution in [-0.4, -0.2) is 11.5 Å². The normalized spacial score (nSPS) is 24.6. The van der Waals surface area contributed by atoms with Crippen LogP contribution < -0.4 is 5.32 Å². The average Bonchev–Trinajstić information content (AvgIpc) is 2.35. The molecule has 0 spiro atoms. The van der Waals surface area contributed by atoms with Crippen molar-refractivity contribution in [1.82, 2.24) is 10.3 Å². The van der Waals surface area contributed by atoms with E-state index in [0.29, 0.717) is 6.04 Å². The molecular formula is C18H30N2. The summed E-state index contributed by atoms with van der Waals surface area (Å²) in [5.41, 5.74) is 5.06. The van der Waals surface area contributed by atoms with Gasteiger partial charge in [-0.1, -0.05) is 19.8 Å². The Hall–Kier alpha value is -0.890. The van der Waals surface area contributed by atoms with Gasteiger partial charge in [0.2, 0.25) is 0 Å². The lowest BCUT2D eigenvalue weighted by Gasteiger charge is -2.28. The van der Waals surface area contributed by atoms with E-state index < -0.39 is 0 Å². The molecule has 1 aliphatic rings.